The van der Waals surface area contributed by atoms with E-state index in [4.69, 9.17) is 23.2 Å². The van der Waals surface area contributed by atoms with Crippen molar-refractivity contribution < 1.29 is 8.42 Å². The van der Waals surface area contributed by atoms with Gasteiger partial charge in [0.05, 0.1) is 11.6 Å². The van der Waals surface area contributed by atoms with Crippen LogP contribution in [0.4, 0.5) is 0 Å². The van der Waals surface area contributed by atoms with Crippen LogP contribution >= 0.6 is 23.2 Å². The Bertz CT molecular complexity index is 734. The molecule has 1 aliphatic rings. The molecule has 1 aromatic rings. The van der Waals surface area contributed by atoms with Gasteiger partial charge in [0.1, 0.15) is 4.90 Å². The molecule has 0 spiro atoms. The number of hydrazone groups is 1. The average Bonchev–Trinajstić information content (AvgIpc) is 2.95. The summed E-state index contributed by atoms with van der Waals surface area (Å²) >= 11 is 11.8. The minimum absolute atomic E-state index is 0.0530. The lowest BCUT2D eigenvalue weighted by Crippen LogP contribution is -2.41. The second kappa shape index (κ2) is 7.51. The lowest BCUT2D eigenvalue weighted by Gasteiger charge is -2.19. The predicted octanol–water partition coefficient (Wildman–Crippen LogP) is 2.98. The zero-order valence-electron chi connectivity index (χ0n) is 12.8. The molecule has 9 heteroatoms. The van der Waals surface area contributed by atoms with Crippen LogP contribution in [-0.4, -0.2) is 38.7 Å². The molecule has 1 aromatic carbocycles. The SMILES string of the molecule is CCN=C(NS(=O)(=O)c1ccc(Cl)cc1Cl)N1CC(CC)C=N1. The normalized spacial score (nSPS) is 18.5. The highest BCUT2D eigenvalue weighted by Crippen LogP contribution is 2.25. The topological polar surface area (TPSA) is 74.1 Å². The van der Waals surface area contributed by atoms with Crippen LogP contribution in [-0.2, 0) is 10.0 Å². The van der Waals surface area contributed by atoms with Gasteiger partial charge in [-0.2, -0.15) is 5.10 Å². The molecule has 0 saturated heterocycles. The largest absolute Gasteiger partial charge is 0.265 e. The Kier molecular flexibility index (Phi) is 5.89. The predicted molar refractivity (Wildman–Crippen MR) is 93.7 cm³/mol. The van der Waals surface area contributed by atoms with Crippen LogP contribution in [0, 0.1) is 5.92 Å². The van der Waals surface area contributed by atoms with Gasteiger partial charge in [-0.15, -0.1) is 0 Å². The molecule has 126 valence electrons. The van der Waals surface area contributed by atoms with Crippen molar-refractivity contribution in [2.45, 2.75) is 25.2 Å². The maximum atomic E-state index is 12.6. The first-order valence-electron chi connectivity index (χ1n) is 7.21. The molecule has 0 amide bonds. The highest BCUT2D eigenvalue weighted by Gasteiger charge is 2.26. The molecule has 0 saturated carbocycles. The molecule has 0 fully saturated rings. The number of guanidine groups is 1. The second-order valence-electron chi connectivity index (χ2n) is 4.99. The molecule has 0 aliphatic carbocycles. The van der Waals surface area contributed by atoms with Gasteiger partial charge >= 0.3 is 0 Å². The van der Waals surface area contributed by atoms with E-state index >= 15 is 0 Å². The number of aliphatic imine (C=N–C) groups is 1. The van der Waals surface area contributed by atoms with E-state index in [9.17, 15) is 8.42 Å². The van der Waals surface area contributed by atoms with Gasteiger partial charge < -0.3 is 0 Å². The lowest BCUT2D eigenvalue weighted by molar-refractivity contribution is 0.429. The Morgan fingerprint density at radius 1 is 1.43 bits per heavy atom. The summed E-state index contributed by atoms with van der Waals surface area (Å²) < 4.78 is 27.6. The van der Waals surface area contributed by atoms with Crippen molar-refractivity contribution >= 4 is 45.4 Å². The van der Waals surface area contributed by atoms with Gasteiger partial charge in [0.25, 0.3) is 10.0 Å². The van der Waals surface area contributed by atoms with Gasteiger partial charge in [-0.25, -0.2) is 18.1 Å². The van der Waals surface area contributed by atoms with Gasteiger partial charge in [0.15, 0.2) is 0 Å². The van der Waals surface area contributed by atoms with Crippen molar-refractivity contribution in [3.05, 3.63) is 28.2 Å². The first-order valence-corrected chi connectivity index (χ1v) is 9.45. The Hall–Kier alpha value is -1.31. The summed E-state index contributed by atoms with van der Waals surface area (Å²) in [5, 5.41) is 6.19. The number of hydrogen-bond donors (Lipinski definition) is 1. The summed E-state index contributed by atoms with van der Waals surface area (Å²) in [6.45, 7) is 4.89. The fourth-order valence-electron chi connectivity index (χ4n) is 2.05. The summed E-state index contributed by atoms with van der Waals surface area (Å²) in [6.07, 6.45) is 2.73. The first kappa shape index (κ1) is 18.0. The maximum Gasteiger partial charge on any atom is 0.265 e. The van der Waals surface area contributed by atoms with Gasteiger partial charge in [-0.05, 0) is 31.5 Å². The summed E-state index contributed by atoms with van der Waals surface area (Å²) in [4.78, 5) is 4.15. The molecule has 0 radical (unpaired) electrons. The van der Waals surface area contributed by atoms with E-state index < -0.39 is 10.0 Å². The van der Waals surface area contributed by atoms with Gasteiger partial charge in [0, 0.05) is 23.7 Å². The summed E-state index contributed by atoms with van der Waals surface area (Å²) in [6, 6.07) is 4.22. The van der Waals surface area contributed by atoms with E-state index in [1.165, 1.54) is 18.2 Å². The lowest BCUT2D eigenvalue weighted by atomic mass is 10.1. The monoisotopic (exact) mass is 376 g/mol. The quantitative estimate of drug-likeness (QED) is 0.648. The third kappa shape index (κ3) is 4.37. The molecule has 6 nitrogen and oxygen atoms in total. The molecule has 1 unspecified atom stereocenters. The molecule has 0 aromatic heterocycles. The zero-order chi connectivity index (χ0) is 17.0. The van der Waals surface area contributed by atoms with E-state index in [1.807, 2.05) is 6.92 Å². The van der Waals surface area contributed by atoms with E-state index in [0.29, 0.717) is 18.1 Å². The third-order valence-corrected chi connectivity index (χ3v) is 5.36. The molecule has 1 atom stereocenters. The van der Waals surface area contributed by atoms with Gasteiger partial charge in [0.2, 0.25) is 5.96 Å². The number of benzene rings is 1. The average molecular weight is 377 g/mol. The number of halogens is 2. The Morgan fingerprint density at radius 2 is 2.17 bits per heavy atom. The van der Waals surface area contributed by atoms with Gasteiger partial charge in [-0.1, -0.05) is 30.1 Å². The van der Waals surface area contributed by atoms with E-state index in [1.54, 1.807) is 11.2 Å². The van der Waals surface area contributed by atoms with Crippen molar-refractivity contribution in [3.8, 4) is 0 Å². The van der Waals surface area contributed by atoms with Crippen LogP contribution in [0.5, 0.6) is 0 Å². The maximum absolute atomic E-state index is 12.6. The zero-order valence-corrected chi connectivity index (χ0v) is 15.2. The minimum atomic E-state index is -3.88. The Labute approximate surface area is 146 Å². The summed E-state index contributed by atoms with van der Waals surface area (Å²) in [5.41, 5.74) is 0. The van der Waals surface area contributed by atoms with Crippen molar-refractivity contribution in [2.75, 3.05) is 13.1 Å². The van der Waals surface area contributed by atoms with Crippen LogP contribution < -0.4 is 4.72 Å². The molecular weight excluding hydrogens is 359 g/mol. The van der Waals surface area contributed by atoms with Crippen LogP contribution in [0.1, 0.15) is 20.3 Å². The van der Waals surface area contributed by atoms with Crippen LogP contribution in [0.25, 0.3) is 0 Å². The smallest absolute Gasteiger partial charge is 0.251 e. The van der Waals surface area contributed by atoms with Crippen molar-refractivity contribution in [2.24, 2.45) is 16.0 Å². The number of sulfonamides is 1. The minimum Gasteiger partial charge on any atom is -0.251 e. The molecule has 23 heavy (non-hydrogen) atoms. The Morgan fingerprint density at radius 3 is 2.74 bits per heavy atom. The fraction of sp³-hybridized carbons (Fsp3) is 0.429. The highest BCUT2D eigenvalue weighted by molar-refractivity contribution is 7.90. The standard InChI is InChI=1S/C14H18Cl2N4O2S/c1-3-10-8-18-20(9-10)14(17-4-2)19-23(21,22)13-6-5-11(15)7-12(13)16/h5-8,10H,3-4,9H2,1-2H3,(H,17,19). The van der Waals surface area contributed by atoms with E-state index in [2.05, 4.69) is 21.7 Å². The fourth-order valence-corrected chi connectivity index (χ4v) is 3.85. The van der Waals surface area contributed by atoms with Crippen molar-refractivity contribution in [3.63, 3.8) is 0 Å². The number of rotatable bonds is 4. The van der Waals surface area contributed by atoms with Crippen LogP contribution in [0.2, 0.25) is 10.0 Å². The van der Waals surface area contributed by atoms with Gasteiger partial charge in [-0.3, -0.25) is 4.99 Å². The molecule has 1 N–H and O–H groups in total. The second-order valence-corrected chi connectivity index (χ2v) is 7.49. The Balaban J connectivity index is 2.26. The number of hydrogen-bond acceptors (Lipinski definition) is 4. The summed E-state index contributed by atoms with van der Waals surface area (Å²) in [5.74, 6) is 0.464. The van der Waals surface area contributed by atoms with Crippen LogP contribution in [0.3, 0.4) is 0 Å². The number of nitrogens with zero attached hydrogens (tertiary/aromatic N) is 3. The molecule has 0 bridgehead atoms. The van der Waals surface area contributed by atoms with Crippen molar-refractivity contribution in [1.82, 2.24) is 9.73 Å². The first-order chi connectivity index (χ1) is 10.9. The van der Waals surface area contributed by atoms with E-state index in [0.717, 1.165) is 6.42 Å². The van der Waals surface area contributed by atoms with Crippen LogP contribution in [0.15, 0.2) is 33.2 Å². The highest BCUT2D eigenvalue weighted by atomic mass is 35.5. The van der Waals surface area contributed by atoms with E-state index in [-0.39, 0.29) is 21.8 Å². The number of nitrogens with one attached hydrogen (secondary N) is 1. The molecule has 1 heterocycles. The molecule has 1 aliphatic heterocycles. The summed E-state index contributed by atoms with van der Waals surface area (Å²) in [7, 11) is -3.88. The van der Waals surface area contributed by atoms with Crippen molar-refractivity contribution in [1.29, 1.82) is 0 Å². The molecular formula is C14H18Cl2N4O2S. The molecule has 2 rings (SSSR count). The third-order valence-electron chi connectivity index (χ3n) is 3.31.